The van der Waals surface area contributed by atoms with E-state index in [1.807, 2.05) is 42.5 Å². The monoisotopic (exact) mass is 548 g/mol. The molecule has 1 aliphatic carbocycles. The van der Waals surface area contributed by atoms with Crippen LogP contribution in [0.25, 0.3) is 6.08 Å². The van der Waals surface area contributed by atoms with E-state index < -0.39 is 37.0 Å². The van der Waals surface area contributed by atoms with Gasteiger partial charge in [0.05, 0.1) is 12.3 Å². The topological polar surface area (TPSA) is 49.9 Å². The molecular weight excluding hydrogens is 501 g/mol. The minimum Gasteiger partial charge on any atom is -0.411 e. The fourth-order valence-electron chi connectivity index (χ4n) is 4.56. The van der Waals surface area contributed by atoms with E-state index in [1.165, 1.54) is 0 Å². The third kappa shape index (κ3) is 5.08. The van der Waals surface area contributed by atoms with Crippen LogP contribution in [0.2, 0.25) is 36.3 Å². The summed E-state index contributed by atoms with van der Waals surface area (Å²) < 4.78 is 37.9. The van der Waals surface area contributed by atoms with Crippen LogP contribution in [0, 0.1) is 0 Å². The number of benzene rings is 1. The van der Waals surface area contributed by atoms with Crippen LogP contribution < -0.4 is 0 Å². The van der Waals surface area contributed by atoms with E-state index in [0.717, 1.165) is 16.8 Å². The lowest BCUT2D eigenvalue weighted by molar-refractivity contribution is 0.0592. The Balaban J connectivity index is 2.13. The highest BCUT2D eigenvalue weighted by atomic mass is 32.2. The summed E-state index contributed by atoms with van der Waals surface area (Å²) in [6.45, 7) is 27.3. The number of fused-ring (bicyclic) bond motifs is 1. The zero-order valence-corrected chi connectivity index (χ0v) is 27.3. The van der Waals surface area contributed by atoms with E-state index in [0.29, 0.717) is 6.61 Å². The maximum absolute atomic E-state index is 14.5. The van der Waals surface area contributed by atoms with Gasteiger partial charge in [-0.25, -0.2) is 13.1 Å². The van der Waals surface area contributed by atoms with Gasteiger partial charge >= 0.3 is 0 Å². The number of nitrogens with zero attached hydrogens (tertiary/aromatic N) is 2. The molecule has 36 heavy (non-hydrogen) atoms. The summed E-state index contributed by atoms with van der Waals surface area (Å²) in [6.07, 6.45) is 5.81. The van der Waals surface area contributed by atoms with Crippen molar-refractivity contribution in [1.29, 1.82) is 0 Å². The molecule has 0 saturated heterocycles. The Hall–Kier alpha value is -1.20. The number of hydrogen-bond acceptors (Lipinski definition) is 5. The minimum atomic E-state index is -3.61. The molecule has 5 nitrogen and oxygen atoms in total. The summed E-state index contributed by atoms with van der Waals surface area (Å²) in [4.78, 5) is 0. The third-order valence-electron chi connectivity index (χ3n) is 8.83. The van der Waals surface area contributed by atoms with Gasteiger partial charge in [-0.2, -0.15) is 0 Å². The molecule has 0 N–H and O–H groups in total. The van der Waals surface area contributed by atoms with Crippen LogP contribution in [0.4, 0.5) is 0 Å². The standard InChI is InChI=1S/C28H48N2O3SSi2/c1-21(2)29-23(20-33-36(11,12)28(6,7)8)19-26(30(29)35(9,10)27(3,4)5)34(31,32)25-18-17-22-15-13-14-16-24(22)25/h13-19,21,25-26H,20H2,1-12H3. The number of rotatable bonds is 7. The Morgan fingerprint density at radius 2 is 1.56 bits per heavy atom. The normalized spacial score (nSPS) is 21.9. The van der Waals surface area contributed by atoms with Crippen molar-refractivity contribution in [2.45, 2.75) is 108 Å². The summed E-state index contributed by atoms with van der Waals surface area (Å²) in [6, 6.07) is 7.96. The average Bonchev–Trinajstić information content (AvgIpc) is 3.33. The van der Waals surface area contributed by atoms with Gasteiger partial charge < -0.3 is 9.43 Å². The van der Waals surface area contributed by atoms with Crippen molar-refractivity contribution in [1.82, 2.24) is 9.68 Å². The van der Waals surface area contributed by atoms with Crippen LogP contribution in [0.3, 0.4) is 0 Å². The maximum atomic E-state index is 14.5. The van der Waals surface area contributed by atoms with Gasteiger partial charge in [0, 0.05) is 6.04 Å². The third-order valence-corrected chi connectivity index (χ3v) is 20.9. The van der Waals surface area contributed by atoms with E-state index in [1.54, 1.807) is 0 Å². The van der Waals surface area contributed by atoms with Gasteiger partial charge in [0.1, 0.15) is 10.6 Å². The second-order valence-electron chi connectivity index (χ2n) is 13.7. The second-order valence-corrected chi connectivity index (χ2v) is 25.7. The van der Waals surface area contributed by atoms with Gasteiger partial charge in [0.25, 0.3) is 0 Å². The Morgan fingerprint density at radius 3 is 2.08 bits per heavy atom. The van der Waals surface area contributed by atoms with E-state index >= 15 is 0 Å². The molecule has 0 amide bonds. The molecule has 0 bridgehead atoms. The molecule has 0 fully saturated rings. The number of hydrogen-bond donors (Lipinski definition) is 0. The van der Waals surface area contributed by atoms with Crippen LogP contribution >= 0.6 is 0 Å². The number of sulfone groups is 1. The lowest BCUT2D eigenvalue weighted by Gasteiger charge is -2.52. The molecule has 0 saturated carbocycles. The molecule has 1 aliphatic heterocycles. The zero-order valence-electron chi connectivity index (χ0n) is 24.5. The lowest BCUT2D eigenvalue weighted by atomic mass is 10.1. The minimum absolute atomic E-state index is 0.0408. The van der Waals surface area contributed by atoms with Crippen molar-refractivity contribution in [3.8, 4) is 0 Å². The molecule has 8 heteroatoms. The first kappa shape index (κ1) is 29.4. The Bertz CT molecular complexity index is 1140. The van der Waals surface area contributed by atoms with E-state index in [9.17, 15) is 8.42 Å². The molecule has 0 spiro atoms. The van der Waals surface area contributed by atoms with Crippen molar-refractivity contribution in [3.05, 3.63) is 53.2 Å². The van der Waals surface area contributed by atoms with Crippen molar-refractivity contribution in [3.63, 3.8) is 0 Å². The first-order valence-corrected chi connectivity index (χ1v) is 20.6. The highest BCUT2D eigenvalue weighted by Crippen LogP contribution is 2.48. The molecule has 2 unspecified atom stereocenters. The fourth-order valence-corrected chi connectivity index (χ4v) is 10.9. The second kappa shape index (κ2) is 9.52. The summed E-state index contributed by atoms with van der Waals surface area (Å²) in [5.41, 5.74) is 2.85. The summed E-state index contributed by atoms with van der Waals surface area (Å²) in [5.74, 6) is 0. The smallest absolute Gasteiger partial charge is 0.192 e. The molecule has 0 aromatic heterocycles. The average molecular weight is 549 g/mol. The van der Waals surface area contributed by atoms with Crippen molar-refractivity contribution in [2.24, 2.45) is 0 Å². The SMILES string of the molecule is CC(C)N1C(CO[Si](C)(C)C(C)(C)C)=CC(S(=O)(=O)C2C=Cc3ccccc32)N1[Si](C)(C)C(C)(C)C. The molecule has 1 aromatic carbocycles. The predicted octanol–water partition coefficient (Wildman–Crippen LogP) is 7.35. The van der Waals surface area contributed by atoms with Gasteiger partial charge in [-0.3, -0.25) is 0 Å². The molecule has 202 valence electrons. The summed E-state index contributed by atoms with van der Waals surface area (Å²) >= 11 is 0. The fraction of sp³-hybridized carbons (Fsp3) is 0.643. The van der Waals surface area contributed by atoms with E-state index in [-0.39, 0.29) is 16.1 Å². The van der Waals surface area contributed by atoms with Gasteiger partial charge in [-0.05, 0) is 54.2 Å². The Morgan fingerprint density at radius 1 is 0.972 bits per heavy atom. The largest absolute Gasteiger partial charge is 0.411 e. The Kier molecular flexibility index (Phi) is 7.77. The van der Waals surface area contributed by atoms with E-state index in [2.05, 4.69) is 91.3 Å². The van der Waals surface area contributed by atoms with Gasteiger partial charge in [0.15, 0.2) is 26.4 Å². The zero-order chi connectivity index (χ0) is 27.5. The molecule has 2 atom stereocenters. The summed E-state index contributed by atoms with van der Waals surface area (Å²) in [5, 5.41) is 0.937. The molecule has 2 aliphatic rings. The van der Waals surface area contributed by atoms with Crippen LogP contribution in [0.15, 0.2) is 42.1 Å². The lowest BCUT2D eigenvalue weighted by Crippen LogP contribution is -2.65. The highest BCUT2D eigenvalue weighted by Gasteiger charge is 2.55. The molecule has 3 rings (SSSR count). The van der Waals surface area contributed by atoms with Crippen molar-refractivity contribution in [2.75, 3.05) is 6.61 Å². The Labute approximate surface area is 222 Å². The quantitative estimate of drug-likeness (QED) is 0.334. The first-order chi connectivity index (χ1) is 16.2. The van der Waals surface area contributed by atoms with Gasteiger partial charge in [-0.1, -0.05) is 91.1 Å². The molecule has 1 aromatic rings. The van der Waals surface area contributed by atoms with Crippen LogP contribution in [-0.4, -0.2) is 52.7 Å². The van der Waals surface area contributed by atoms with Crippen LogP contribution in [-0.2, 0) is 14.3 Å². The highest BCUT2D eigenvalue weighted by molar-refractivity contribution is 7.92. The molecule has 0 radical (unpaired) electrons. The maximum Gasteiger partial charge on any atom is 0.192 e. The van der Waals surface area contributed by atoms with Gasteiger partial charge in [-0.15, -0.1) is 0 Å². The first-order valence-electron chi connectivity index (χ1n) is 13.2. The van der Waals surface area contributed by atoms with Crippen molar-refractivity contribution < 1.29 is 12.8 Å². The molecule has 1 heterocycles. The van der Waals surface area contributed by atoms with Crippen LogP contribution in [0.5, 0.6) is 0 Å². The van der Waals surface area contributed by atoms with Gasteiger partial charge in [0.2, 0.25) is 0 Å². The number of hydrazine groups is 1. The van der Waals surface area contributed by atoms with E-state index in [4.69, 9.17) is 4.43 Å². The van der Waals surface area contributed by atoms with Crippen molar-refractivity contribution >= 4 is 32.5 Å². The molecular formula is C28H48N2O3SSi2. The predicted molar refractivity (Wildman–Crippen MR) is 158 cm³/mol. The summed E-state index contributed by atoms with van der Waals surface area (Å²) in [7, 11) is -7.94. The van der Waals surface area contributed by atoms with Crippen LogP contribution in [0.1, 0.15) is 71.8 Å².